The third-order valence-corrected chi connectivity index (χ3v) is 2.36. The minimum absolute atomic E-state index is 0.695. The maximum Gasteiger partial charge on any atom is 0.0435 e. The highest BCUT2D eigenvalue weighted by Gasteiger charge is 1.99. The van der Waals surface area contributed by atoms with E-state index < -0.39 is 0 Å². The maximum absolute atomic E-state index is 5.19. The third-order valence-electron chi connectivity index (χ3n) is 1.39. The van der Waals surface area contributed by atoms with Crippen LogP contribution in [-0.4, -0.2) is 0 Å². The third kappa shape index (κ3) is 1.87. The van der Waals surface area contributed by atoms with Crippen LogP contribution < -0.4 is 0 Å². The van der Waals surface area contributed by atoms with Crippen LogP contribution in [0.4, 0.5) is 0 Å². The van der Waals surface area contributed by atoms with Crippen LogP contribution in [-0.2, 0) is 12.8 Å². The summed E-state index contributed by atoms with van der Waals surface area (Å²) < 4.78 is 0. The first-order valence-electron chi connectivity index (χ1n) is 3.30. The van der Waals surface area contributed by atoms with Gasteiger partial charge in [0.25, 0.3) is 0 Å². The van der Waals surface area contributed by atoms with E-state index in [0.717, 1.165) is 0 Å². The van der Waals surface area contributed by atoms with Crippen molar-refractivity contribution in [1.82, 2.24) is 0 Å². The molecule has 0 fully saturated rings. The second-order valence-electron chi connectivity index (χ2n) is 2.13. The van der Waals surface area contributed by atoms with Crippen LogP contribution in [0.3, 0.4) is 0 Å². The van der Waals surface area contributed by atoms with Crippen LogP contribution in [0.2, 0.25) is 0 Å². The second-order valence-corrected chi connectivity index (χ2v) is 3.13. The molecule has 0 N–H and O–H groups in total. The van der Waals surface area contributed by atoms with Gasteiger partial charge in [-0.1, -0.05) is 0 Å². The molecule has 1 heterocycles. The number of hydrogen-bond donors (Lipinski definition) is 0. The standard InChI is InChI=1S/C10H8S/c1-3-5-9-7-8-11-10(9)6-4-2/h1-2,7-8H,5-6H2. The Bertz CT molecular complexity index is 276. The van der Waals surface area contributed by atoms with Crippen molar-refractivity contribution in [2.24, 2.45) is 0 Å². The number of terminal acetylenes is 2. The minimum Gasteiger partial charge on any atom is -0.148 e. The van der Waals surface area contributed by atoms with Crippen LogP contribution >= 0.6 is 11.3 Å². The summed E-state index contributed by atoms with van der Waals surface area (Å²) in [6, 6.07) is 2.04. The molecule has 0 saturated carbocycles. The van der Waals surface area contributed by atoms with Gasteiger partial charge in [-0.3, -0.25) is 0 Å². The fourth-order valence-electron chi connectivity index (χ4n) is 0.882. The summed E-state index contributed by atoms with van der Waals surface area (Å²) in [6.45, 7) is 0. The summed E-state index contributed by atoms with van der Waals surface area (Å²) in [7, 11) is 0. The first-order valence-corrected chi connectivity index (χ1v) is 4.18. The molecular weight excluding hydrogens is 152 g/mol. The molecule has 1 aromatic rings. The predicted octanol–water partition coefficient (Wildman–Crippen LogP) is 2.10. The van der Waals surface area contributed by atoms with Gasteiger partial charge in [-0.05, 0) is 17.0 Å². The SMILES string of the molecule is C#CCc1ccsc1CC#C. The molecule has 0 spiro atoms. The zero-order valence-corrected chi connectivity index (χ0v) is 6.95. The van der Waals surface area contributed by atoms with Gasteiger partial charge in [0.15, 0.2) is 0 Å². The molecule has 0 aromatic carbocycles. The average Bonchev–Trinajstić information content (AvgIpc) is 2.39. The Morgan fingerprint density at radius 1 is 1.27 bits per heavy atom. The smallest absolute Gasteiger partial charge is 0.0435 e. The fraction of sp³-hybridized carbons (Fsp3) is 0.200. The molecule has 0 radical (unpaired) electrons. The largest absolute Gasteiger partial charge is 0.148 e. The molecule has 0 saturated heterocycles. The van der Waals surface area contributed by atoms with Gasteiger partial charge in [-0.15, -0.1) is 36.0 Å². The molecule has 1 rings (SSSR count). The van der Waals surface area contributed by atoms with Crippen molar-refractivity contribution < 1.29 is 0 Å². The highest BCUT2D eigenvalue weighted by Crippen LogP contribution is 2.17. The van der Waals surface area contributed by atoms with Crippen LogP contribution in [0.1, 0.15) is 10.4 Å². The molecule has 0 aliphatic heterocycles. The van der Waals surface area contributed by atoms with Crippen LogP contribution in [0.15, 0.2) is 11.4 Å². The molecule has 11 heavy (non-hydrogen) atoms. The lowest BCUT2D eigenvalue weighted by atomic mass is 10.2. The summed E-state index contributed by atoms with van der Waals surface area (Å²) in [5.74, 6) is 5.22. The van der Waals surface area contributed by atoms with E-state index in [4.69, 9.17) is 12.8 Å². The Hall–Kier alpha value is -1.18. The second kappa shape index (κ2) is 3.86. The minimum atomic E-state index is 0.695. The molecular formula is C10H8S. The van der Waals surface area contributed by atoms with Crippen molar-refractivity contribution in [3.63, 3.8) is 0 Å². The van der Waals surface area contributed by atoms with Crippen molar-refractivity contribution in [3.05, 3.63) is 21.9 Å². The Balaban J connectivity index is 2.82. The highest BCUT2D eigenvalue weighted by molar-refractivity contribution is 7.10. The van der Waals surface area contributed by atoms with Crippen molar-refractivity contribution in [3.8, 4) is 24.7 Å². The van der Waals surface area contributed by atoms with E-state index >= 15 is 0 Å². The Morgan fingerprint density at radius 2 is 2.00 bits per heavy atom. The van der Waals surface area contributed by atoms with E-state index in [9.17, 15) is 0 Å². The Morgan fingerprint density at radius 3 is 2.64 bits per heavy atom. The summed E-state index contributed by atoms with van der Waals surface area (Å²) >= 11 is 1.68. The molecule has 0 unspecified atom stereocenters. The highest BCUT2D eigenvalue weighted by atomic mass is 32.1. The molecule has 0 aliphatic carbocycles. The maximum atomic E-state index is 5.19. The zero-order chi connectivity index (χ0) is 8.10. The lowest BCUT2D eigenvalue weighted by Crippen LogP contribution is -1.83. The van der Waals surface area contributed by atoms with Crippen molar-refractivity contribution >= 4 is 11.3 Å². The predicted molar refractivity (Wildman–Crippen MR) is 49.4 cm³/mol. The van der Waals surface area contributed by atoms with E-state index in [1.165, 1.54) is 10.4 Å². The number of rotatable bonds is 2. The van der Waals surface area contributed by atoms with Crippen LogP contribution in [0.5, 0.6) is 0 Å². The van der Waals surface area contributed by atoms with Gasteiger partial charge < -0.3 is 0 Å². The molecule has 1 heteroatoms. The molecule has 0 amide bonds. The van der Waals surface area contributed by atoms with Gasteiger partial charge in [0.2, 0.25) is 0 Å². The zero-order valence-electron chi connectivity index (χ0n) is 6.13. The number of thiophene rings is 1. The fourth-order valence-corrected chi connectivity index (χ4v) is 1.74. The van der Waals surface area contributed by atoms with E-state index in [2.05, 4.69) is 11.8 Å². The van der Waals surface area contributed by atoms with Gasteiger partial charge in [0.05, 0.1) is 0 Å². The summed E-state index contributed by atoms with van der Waals surface area (Å²) in [5.41, 5.74) is 1.20. The molecule has 0 nitrogen and oxygen atoms in total. The lowest BCUT2D eigenvalue weighted by molar-refractivity contribution is 1.25. The first kappa shape index (κ1) is 7.92. The lowest BCUT2D eigenvalue weighted by Gasteiger charge is -1.92. The first-order chi connectivity index (χ1) is 5.38. The monoisotopic (exact) mass is 160 g/mol. The topological polar surface area (TPSA) is 0 Å². The summed E-state index contributed by atoms with van der Waals surface area (Å²) in [4.78, 5) is 1.23. The van der Waals surface area contributed by atoms with Crippen molar-refractivity contribution in [2.45, 2.75) is 12.8 Å². The van der Waals surface area contributed by atoms with Crippen LogP contribution in [0, 0.1) is 24.7 Å². The van der Waals surface area contributed by atoms with E-state index in [1.807, 2.05) is 11.4 Å². The van der Waals surface area contributed by atoms with Gasteiger partial charge in [0, 0.05) is 17.7 Å². The molecule has 0 aliphatic rings. The quantitative estimate of drug-likeness (QED) is 0.581. The average molecular weight is 160 g/mol. The van der Waals surface area contributed by atoms with Gasteiger partial charge >= 0.3 is 0 Å². The Labute approximate surface area is 71.3 Å². The van der Waals surface area contributed by atoms with Crippen molar-refractivity contribution in [2.75, 3.05) is 0 Å². The van der Waals surface area contributed by atoms with Crippen LogP contribution in [0.25, 0.3) is 0 Å². The van der Waals surface area contributed by atoms with Gasteiger partial charge in [0.1, 0.15) is 0 Å². The molecule has 54 valence electrons. The summed E-state index contributed by atoms with van der Waals surface area (Å²) in [5, 5.41) is 2.03. The summed E-state index contributed by atoms with van der Waals surface area (Å²) in [6.07, 6.45) is 11.8. The van der Waals surface area contributed by atoms with E-state index in [1.54, 1.807) is 11.3 Å². The van der Waals surface area contributed by atoms with E-state index in [-0.39, 0.29) is 0 Å². The number of hydrogen-bond acceptors (Lipinski definition) is 1. The van der Waals surface area contributed by atoms with Crippen molar-refractivity contribution in [1.29, 1.82) is 0 Å². The molecule has 1 aromatic heterocycles. The van der Waals surface area contributed by atoms with E-state index in [0.29, 0.717) is 12.8 Å². The van der Waals surface area contributed by atoms with Gasteiger partial charge in [-0.2, -0.15) is 0 Å². The normalized spacial score (nSPS) is 8.55. The van der Waals surface area contributed by atoms with Gasteiger partial charge in [-0.25, -0.2) is 0 Å². The molecule has 0 atom stereocenters. The molecule has 0 bridgehead atoms. The Kier molecular flexibility index (Phi) is 2.78.